The van der Waals surface area contributed by atoms with Crippen molar-refractivity contribution in [1.82, 2.24) is 5.32 Å². The van der Waals surface area contributed by atoms with Crippen molar-refractivity contribution < 1.29 is 9.53 Å². The zero-order valence-corrected chi connectivity index (χ0v) is 11.3. The van der Waals surface area contributed by atoms with E-state index < -0.39 is 6.10 Å². The molecule has 0 aromatic heterocycles. The third-order valence-electron chi connectivity index (χ3n) is 2.01. The average Bonchev–Trinajstić information content (AvgIpc) is 2.18. The molecule has 1 rings (SSSR count). The Morgan fingerprint density at radius 2 is 1.94 bits per heavy atom. The molecule has 0 aliphatic carbocycles. The van der Waals surface area contributed by atoms with Crippen molar-refractivity contribution >= 4 is 17.5 Å². The number of hydrogen-bond donors (Lipinski definition) is 1. The zero-order chi connectivity index (χ0) is 13.1. The van der Waals surface area contributed by atoms with E-state index in [0.717, 1.165) is 0 Å². The lowest BCUT2D eigenvalue weighted by Gasteiger charge is -2.23. The van der Waals surface area contributed by atoms with E-state index in [1.165, 1.54) is 0 Å². The number of benzene rings is 1. The van der Waals surface area contributed by atoms with Gasteiger partial charge in [0.25, 0.3) is 5.91 Å². The largest absolute Gasteiger partial charge is 0.479 e. The molecule has 1 unspecified atom stereocenters. The molecule has 1 N–H and O–H groups in total. The summed E-state index contributed by atoms with van der Waals surface area (Å²) in [5, 5.41) is 3.35. The number of carbonyl (C=O) groups excluding carboxylic acids is 1. The van der Waals surface area contributed by atoms with Crippen molar-refractivity contribution in [2.24, 2.45) is 0 Å². The van der Waals surface area contributed by atoms with E-state index in [0.29, 0.717) is 10.8 Å². The van der Waals surface area contributed by atoms with Crippen molar-refractivity contribution in [2.45, 2.75) is 39.3 Å². The normalized spacial score (nSPS) is 13.0. The summed E-state index contributed by atoms with van der Waals surface area (Å²) in [6, 6.07) is 7.10. The van der Waals surface area contributed by atoms with Gasteiger partial charge >= 0.3 is 0 Å². The van der Waals surface area contributed by atoms with Crippen molar-refractivity contribution in [3.05, 3.63) is 29.3 Å². The van der Waals surface area contributed by atoms with E-state index >= 15 is 0 Å². The highest BCUT2D eigenvalue weighted by Crippen LogP contribution is 2.24. The van der Waals surface area contributed by atoms with Crippen LogP contribution < -0.4 is 10.1 Å². The van der Waals surface area contributed by atoms with Crippen LogP contribution in [-0.2, 0) is 4.79 Å². The fraction of sp³-hybridized carbons (Fsp3) is 0.462. The Hall–Kier alpha value is -1.22. The minimum absolute atomic E-state index is 0.155. The number of carbonyl (C=O) groups is 1. The molecule has 3 nitrogen and oxygen atoms in total. The molecule has 0 aliphatic heterocycles. The average molecular weight is 256 g/mol. The molecule has 0 saturated heterocycles. The maximum atomic E-state index is 11.8. The maximum Gasteiger partial charge on any atom is 0.261 e. The highest BCUT2D eigenvalue weighted by molar-refractivity contribution is 6.32. The molecule has 1 amide bonds. The van der Waals surface area contributed by atoms with Gasteiger partial charge in [0.15, 0.2) is 6.10 Å². The summed E-state index contributed by atoms with van der Waals surface area (Å²) in [7, 11) is 0. The van der Waals surface area contributed by atoms with Gasteiger partial charge in [-0.1, -0.05) is 23.7 Å². The number of halogens is 1. The standard InChI is InChI=1S/C13H18ClNO2/c1-9(12(16)15-13(2,3)4)17-11-8-6-5-7-10(11)14/h5-9H,1-4H3,(H,15,16). The van der Waals surface area contributed by atoms with E-state index in [9.17, 15) is 4.79 Å². The lowest BCUT2D eigenvalue weighted by atomic mass is 10.1. The Morgan fingerprint density at radius 1 is 1.35 bits per heavy atom. The summed E-state index contributed by atoms with van der Waals surface area (Å²) in [6.07, 6.45) is -0.575. The fourth-order valence-electron chi connectivity index (χ4n) is 1.26. The number of amides is 1. The SMILES string of the molecule is CC(Oc1ccccc1Cl)C(=O)NC(C)(C)C. The molecule has 0 saturated carbocycles. The van der Waals surface area contributed by atoms with Gasteiger partial charge in [-0.05, 0) is 39.8 Å². The number of para-hydroxylation sites is 1. The second-order valence-electron chi connectivity index (χ2n) is 4.93. The quantitative estimate of drug-likeness (QED) is 0.902. The molecule has 1 aromatic carbocycles. The summed E-state index contributed by atoms with van der Waals surface area (Å²) in [4.78, 5) is 11.8. The molecule has 0 spiro atoms. The lowest BCUT2D eigenvalue weighted by Crippen LogP contribution is -2.46. The van der Waals surface area contributed by atoms with Crippen LogP contribution in [0, 0.1) is 0 Å². The second kappa shape index (κ2) is 5.41. The molecule has 0 bridgehead atoms. The molecular formula is C13H18ClNO2. The van der Waals surface area contributed by atoms with Crippen LogP contribution in [0.2, 0.25) is 5.02 Å². The van der Waals surface area contributed by atoms with Gasteiger partial charge in [-0.2, -0.15) is 0 Å². The van der Waals surface area contributed by atoms with Crippen LogP contribution in [0.15, 0.2) is 24.3 Å². The molecule has 0 radical (unpaired) electrons. The first-order chi connectivity index (χ1) is 7.79. The van der Waals surface area contributed by atoms with Gasteiger partial charge in [-0.25, -0.2) is 0 Å². The Labute approximate surface area is 107 Å². The molecule has 17 heavy (non-hydrogen) atoms. The van der Waals surface area contributed by atoms with Gasteiger partial charge in [0.1, 0.15) is 5.75 Å². The first-order valence-corrected chi connectivity index (χ1v) is 5.90. The first kappa shape index (κ1) is 13.8. The van der Waals surface area contributed by atoms with Crippen molar-refractivity contribution in [3.8, 4) is 5.75 Å². The third kappa shape index (κ3) is 4.65. The molecule has 0 fully saturated rings. The van der Waals surface area contributed by atoms with E-state index in [1.807, 2.05) is 32.9 Å². The Kier molecular flexibility index (Phi) is 4.40. The number of hydrogen-bond acceptors (Lipinski definition) is 2. The van der Waals surface area contributed by atoms with Crippen molar-refractivity contribution in [3.63, 3.8) is 0 Å². The minimum Gasteiger partial charge on any atom is -0.479 e. The van der Waals surface area contributed by atoms with Gasteiger partial charge < -0.3 is 10.1 Å². The van der Waals surface area contributed by atoms with Crippen LogP contribution in [0.25, 0.3) is 0 Å². The van der Waals surface area contributed by atoms with Crippen LogP contribution in [0.3, 0.4) is 0 Å². The molecule has 94 valence electrons. The number of ether oxygens (including phenoxy) is 1. The molecule has 1 aromatic rings. The molecule has 0 aliphatic rings. The number of nitrogens with one attached hydrogen (secondary N) is 1. The second-order valence-corrected chi connectivity index (χ2v) is 5.34. The highest BCUT2D eigenvalue weighted by atomic mass is 35.5. The van der Waals surface area contributed by atoms with Crippen LogP contribution in [-0.4, -0.2) is 17.6 Å². The predicted octanol–water partition coefficient (Wildman–Crippen LogP) is 3.02. The molecule has 0 heterocycles. The van der Waals surface area contributed by atoms with Crippen LogP contribution in [0.5, 0.6) is 5.75 Å². The summed E-state index contributed by atoms with van der Waals surface area (Å²) < 4.78 is 5.51. The maximum absolute atomic E-state index is 11.8. The van der Waals surface area contributed by atoms with Crippen LogP contribution >= 0.6 is 11.6 Å². The molecular weight excluding hydrogens is 238 g/mol. The predicted molar refractivity (Wildman–Crippen MR) is 69.4 cm³/mol. The third-order valence-corrected chi connectivity index (χ3v) is 2.32. The molecule has 4 heteroatoms. The zero-order valence-electron chi connectivity index (χ0n) is 10.6. The Balaban J connectivity index is 2.64. The Bertz CT molecular complexity index is 399. The minimum atomic E-state index is -0.575. The monoisotopic (exact) mass is 255 g/mol. The van der Waals surface area contributed by atoms with Crippen LogP contribution in [0.4, 0.5) is 0 Å². The fourth-order valence-corrected chi connectivity index (χ4v) is 1.44. The van der Waals surface area contributed by atoms with E-state index in [-0.39, 0.29) is 11.4 Å². The summed E-state index contributed by atoms with van der Waals surface area (Å²) in [6.45, 7) is 7.47. The summed E-state index contributed by atoms with van der Waals surface area (Å²) in [5.41, 5.74) is -0.269. The van der Waals surface area contributed by atoms with Gasteiger partial charge in [-0.15, -0.1) is 0 Å². The van der Waals surface area contributed by atoms with Gasteiger partial charge in [-0.3, -0.25) is 4.79 Å². The number of rotatable bonds is 3. The lowest BCUT2D eigenvalue weighted by molar-refractivity contribution is -0.128. The van der Waals surface area contributed by atoms with Crippen LogP contribution in [0.1, 0.15) is 27.7 Å². The summed E-state index contributed by atoms with van der Waals surface area (Å²) >= 11 is 5.95. The topological polar surface area (TPSA) is 38.3 Å². The van der Waals surface area contributed by atoms with Gasteiger partial charge in [0.05, 0.1) is 5.02 Å². The van der Waals surface area contributed by atoms with Gasteiger partial charge in [0.2, 0.25) is 0 Å². The van der Waals surface area contributed by atoms with E-state index in [1.54, 1.807) is 19.1 Å². The first-order valence-electron chi connectivity index (χ1n) is 5.53. The van der Waals surface area contributed by atoms with E-state index in [2.05, 4.69) is 5.32 Å². The Morgan fingerprint density at radius 3 is 2.47 bits per heavy atom. The molecule has 1 atom stereocenters. The van der Waals surface area contributed by atoms with Crippen molar-refractivity contribution in [2.75, 3.05) is 0 Å². The van der Waals surface area contributed by atoms with Gasteiger partial charge in [0, 0.05) is 5.54 Å². The highest BCUT2D eigenvalue weighted by Gasteiger charge is 2.20. The van der Waals surface area contributed by atoms with Crippen molar-refractivity contribution in [1.29, 1.82) is 0 Å². The smallest absolute Gasteiger partial charge is 0.261 e. The summed E-state index contributed by atoms with van der Waals surface area (Å²) in [5.74, 6) is 0.364. The van der Waals surface area contributed by atoms with E-state index in [4.69, 9.17) is 16.3 Å².